The largest absolute Gasteiger partial charge is 0.457 e. The van der Waals surface area contributed by atoms with Gasteiger partial charge in [-0.2, -0.15) is 0 Å². The molecule has 0 N–H and O–H groups in total. The second kappa shape index (κ2) is 13.5. The molecule has 6 heteroatoms. The Hall–Kier alpha value is -2.34. The van der Waals surface area contributed by atoms with Gasteiger partial charge in [0.25, 0.3) is 0 Å². The van der Waals surface area contributed by atoms with Gasteiger partial charge in [-0.1, -0.05) is 71.9 Å². The molecule has 1 aromatic rings. The van der Waals surface area contributed by atoms with Crippen LogP contribution < -0.4 is 0 Å². The minimum atomic E-state index is -1.48. The maximum absolute atomic E-state index is 12.7. The molecule has 1 fully saturated rings. The average molecular weight is 475 g/mol. The van der Waals surface area contributed by atoms with Crippen molar-refractivity contribution in [2.75, 3.05) is 13.2 Å². The molecule has 0 spiro atoms. The zero-order valence-electron chi connectivity index (χ0n) is 21.7. The monoisotopic (exact) mass is 474 g/mol. The van der Waals surface area contributed by atoms with E-state index in [1.54, 1.807) is 6.08 Å². The number of rotatable bonds is 14. The van der Waals surface area contributed by atoms with Crippen LogP contribution in [0.15, 0.2) is 42.2 Å². The predicted molar refractivity (Wildman–Crippen MR) is 132 cm³/mol. The Morgan fingerprint density at radius 3 is 2.18 bits per heavy atom. The highest BCUT2D eigenvalue weighted by Gasteiger charge is 2.47. The third-order valence-corrected chi connectivity index (χ3v) is 5.50. The van der Waals surface area contributed by atoms with Crippen LogP contribution in [0.25, 0.3) is 0 Å². The molecule has 1 heterocycles. The fourth-order valence-corrected chi connectivity index (χ4v) is 4.09. The summed E-state index contributed by atoms with van der Waals surface area (Å²) in [6.45, 7) is 12.8. The average Bonchev–Trinajstić information content (AvgIpc) is 3.06. The Morgan fingerprint density at radius 1 is 0.941 bits per heavy atom. The number of esters is 2. The second-order valence-electron chi connectivity index (χ2n) is 10.6. The first-order valence-corrected chi connectivity index (χ1v) is 12.5. The van der Waals surface area contributed by atoms with Crippen LogP contribution in [0, 0.1) is 23.7 Å². The number of carbonyl (C=O) groups is 2. The van der Waals surface area contributed by atoms with E-state index in [4.69, 9.17) is 18.9 Å². The van der Waals surface area contributed by atoms with Crippen molar-refractivity contribution in [3.05, 3.63) is 47.7 Å². The summed E-state index contributed by atoms with van der Waals surface area (Å²) in [5.41, 5.74) is 0.986. The van der Waals surface area contributed by atoms with Gasteiger partial charge in [-0.25, -0.2) is 4.79 Å². The van der Waals surface area contributed by atoms with Gasteiger partial charge in [0.1, 0.15) is 6.61 Å². The van der Waals surface area contributed by atoms with Crippen molar-refractivity contribution in [1.82, 2.24) is 0 Å². The van der Waals surface area contributed by atoms with Gasteiger partial charge >= 0.3 is 17.7 Å². The van der Waals surface area contributed by atoms with E-state index in [-0.39, 0.29) is 30.9 Å². The van der Waals surface area contributed by atoms with Crippen LogP contribution in [0.3, 0.4) is 0 Å². The van der Waals surface area contributed by atoms with E-state index in [2.05, 4.69) is 41.5 Å². The number of hydrogen-bond donors (Lipinski definition) is 0. The van der Waals surface area contributed by atoms with E-state index in [1.807, 2.05) is 30.3 Å². The molecule has 1 saturated heterocycles. The first kappa shape index (κ1) is 27.9. The van der Waals surface area contributed by atoms with E-state index in [9.17, 15) is 9.59 Å². The molecule has 1 aromatic carbocycles. The van der Waals surface area contributed by atoms with E-state index < -0.39 is 11.8 Å². The lowest BCUT2D eigenvalue weighted by Crippen LogP contribution is -2.42. The van der Waals surface area contributed by atoms with Crippen LogP contribution in [0.2, 0.25) is 0 Å². The molecule has 1 aliphatic heterocycles. The molecule has 1 atom stereocenters. The molecular formula is C28H42O6. The lowest BCUT2D eigenvalue weighted by molar-refractivity contribution is -0.219. The summed E-state index contributed by atoms with van der Waals surface area (Å²) < 4.78 is 22.9. The van der Waals surface area contributed by atoms with Gasteiger partial charge in [0.2, 0.25) is 5.76 Å². The number of carbonyl (C=O) groups excluding carboxylic acids is 2. The Morgan fingerprint density at radius 2 is 1.59 bits per heavy atom. The number of allylic oxidation sites excluding steroid dienone is 1. The summed E-state index contributed by atoms with van der Waals surface area (Å²) in [5, 5.41) is 0. The minimum absolute atomic E-state index is 0.0403. The lowest BCUT2D eigenvalue weighted by atomic mass is 9.87. The molecule has 6 nitrogen and oxygen atoms in total. The summed E-state index contributed by atoms with van der Waals surface area (Å²) in [6, 6.07) is 9.70. The van der Waals surface area contributed by atoms with Crippen molar-refractivity contribution >= 4 is 11.9 Å². The topological polar surface area (TPSA) is 71.1 Å². The van der Waals surface area contributed by atoms with E-state index in [0.29, 0.717) is 37.2 Å². The summed E-state index contributed by atoms with van der Waals surface area (Å²) in [7, 11) is 0. The molecule has 0 bridgehead atoms. The number of hydrogen-bond acceptors (Lipinski definition) is 6. The fraction of sp³-hybridized carbons (Fsp3) is 0.643. The Labute approximate surface area is 205 Å². The predicted octanol–water partition coefficient (Wildman–Crippen LogP) is 6.04. The number of ether oxygens (including phenoxy) is 4. The standard InChI is InChI=1S/C28H42O6/c1-20(2)12-13-25-27(30)34-28(33-25,18-31-17-23-10-8-7-9-11-23)19-32-26(29)16-24(14-21(3)4)15-22(5)6/h7-11,13,20-22,24H,12,14-19H2,1-6H3/b25-13+. The summed E-state index contributed by atoms with van der Waals surface area (Å²) >= 11 is 0. The first-order valence-electron chi connectivity index (χ1n) is 12.5. The van der Waals surface area contributed by atoms with Crippen LogP contribution in [0.1, 0.15) is 72.8 Å². The molecule has 0 radical (unpaired) electrons. The quantitative estimate of drug-likeness (QED) is 0.242. The minimum Gasteiger partial charge on any atom is -0.457 e. The molecule has 190 valence electrons. The van der Waals surface area contributed by atoms with E-state index in [1.165, 1.54) is 0 Å². The van der Waals surface area contributed by atoms with Gasteiger partial charge < -0.3 is 18.9 Å². The highest BCUT2D eigenvalue weighted by atomic mass is 16.8. The van der Waals surface area contributed by atoms with E-state index >= 15 is 0 Å². The molecule has 0 amide bonds. The number of benzene rings is 1. The first-order chi connectivity index (χ1) is 16.1. The van der Waals surface area contributed by atoms with Gasteiger partial charge in [0, 0.05) is 6.42 Å². The van der Waals surface area contributed by atoms with Crippen LogP contribution in [0.5, 0.6) is 0 Å². The maximum atomic E-state index is 12.7. The Kier molecular flexibility index (Phi) is 11.1. The molecule has 1 aliphatic rings. The molecule has 0 aromatic heterocycles. The van der Waals surface area contributed by atoms with Gasteiger partial charge in [0.15, 0.2) is 6.61 Å². The number of cyclic esters (lactones) is 1. The fourth-order valence-electron chi connectivity index (χ4n) is 4.09. The smallest absolute Gasteiger partial charge is 0.376 e. The van der Waals surface area contributed by atoms with Crippen molar-refractivity contribution in [3.63, 3.8) is 0 Å². The normalized spacial score (nSPS) is 19.4. The molecule has 2 rings (SSSR count). The summed E-state index contributed by atoms with van der Waals surface area (Å²) in [5.74, 6) is -0.577. The zero-order chi connectivity index (χ0) is 25.1. The van der Waals surface area contributed by atoms with Crippen molar-refractivity contribution in [2.24, 2.45) is 23.7 Å². The molecule has 0 saturated carbocycles. The van der Waals surface area contributed by atoms with Crippen molar-refractivity contribution < 1.29 is 28.5 Å². The molecular weight excluding hydrogens is 432 g/mol. The van der Waals surface area contributed by atoms with Crippen LogP contribution in [-0.2, 0) is 35.1 Å². The van der Waals surface area contributed by atoms with Crippen LogP contribution >= 0.6 is 0 Å². The Balaban J connectivity index is 2.04. The van der Waals surface area contributed by atoms with E-state index in [0.717, 1.165) is 18.4 Å². The maximum Gasteiger partial charge on any atom is 0.376 e. The Bertz CT molecular complexity index is 788. The highest BCUT2D eigenvalue weighted by Crippen LogP contribution is 2.30. The van der Waals surface area contributed by atoms with Gasteiger partial charge in [0.05, 0.1) is 6.61 Å². The van der Waals surface area contributed by atoms with Crippen LogP contribution in [-0.4, -0.2) is 30.9 Å². The SMILES string of the molecule is CC(C)C/C=C1/OC(COCc2ccccc2)(COC(=O)CC(CC(C)C)CC(C)C)OC1=O. The van der Waals surface area contributed by atoms with Gasteiger partial charge in [-0.3, -0.25) is 4.79 Å². The van der Waals surface area contributed by atoms with Crippen molar-refractivity contribution in [2.45, 2.75) is 79.6 Å². The van der Waals surface area contributed by atoms with Crippen molar-refractivity contribution in [1.29, 1.82) is 0 Å². The van der Waals surface area contributed by atoms with Gasteiger partial charge in [-0.05, 0) is 54.6 Å². The van der Waals surface area contributed by atoms with Crippen LogP contribution in [0.4, 0.5) is 0 Å². The molecule has 0 aliphatic carbocycles. The third kappa shape index (κ3) is 9.88. The summed E-state index contributed by atoms with van der Waals surface area (Å²) in [4.78, 5) is 25.2. The second-order valence-corrected chi connectivity index (χ2v) is 10.6. The van der Waals surface area contributed by atoms with Crippen molar-refractivity contribution in [3.8, 4) is 0 Å². The third-order valence-electron chi connectivity index (χ3n) is 5.50. The molecule has 34 heavy (non-hydrogen) atoms. The highest BCUT2D eigenvalue weighted by molar-refractivity contribution is 5.88. The van der Waals surface area contributed by atoms with Gasteiger partial charge in [-0.15, -0.1) is 0 Å². The molecule has 1 unspecified atom stereocenters. The summed E-state index contributed by atoms with van der Waals surface area (Å²) in [6.07, 6.45) is 4.67. The lowest BCUT2D eigenvalue weighted by Gasteiger charge is -2.26. The zero-order valence-corrected chi connectivity index (χ0v) is 21.7.